The zero-order chi connectivity index (χ0) is 17.6. The molecule has 0 saturated heterocycles. The minimum absolute atomic E-state index is 0.0273. The zero-order valence-corrected chi connectivity index (χ0v) is 16.1. The molecule has 0 aliphatic carbocycles. The number of benzene rings is 1. The van der Waals surface area contributed by atoms with E-state index in [0.29, 0.717) is 6.54 Å². The third-order valence-electron chi connectivity index (χ3n) is 4.15. The fourth-order valence-electron chi connectivity index (χ4n) is 2.71. The Hall–Kier alpha value is -1.88. The average molecular weight is 345 g/mol. The lowest BCUT2D eigenvalue weighted by Gasteiger charge is -2.28. The molecule has 0 aliphatic rings. The van der Waals surface area contributed by atoms with E-state index in [0.717, 1.165) is 23.9 Å². The Morgan fingerprint density at radius 1 is 1.25 bits per heavy atom. The van der Waals surface area contributed by atoms with Gasteiger partial charge in [0, 0.05) is 30.1 Å². The second-order valence-electron chi connectivity index (χ2n) is 6.55. The fraction of sp³-hybridized carbons (Fsp3) is 0.474. The Morgan fingerprint density at radius 3 is 2.62 bits per heavy atom. The van der Waals surface area contributed by atoms with E-state index >= 15 is 0 Å². The molecule has 0 amide bonds. The Labute approximate surface area is 149 Å². The standard InChI is InChI=1S/C19H28N4S/c1-6-15-11-21-17(24-15)12-22-18(20-5)23-13-19(3,4)16-10-8-7-9-14(16)2/h7-11H,6,12-13H2,1-5H3,(H2,20,22,23). The maximum absolute atomic E-state index is 4.43. The quantitative estimate of drug-likeness (QED) is 0.621. The molecule has 0 unspecified atom stereocenters. The predicted molar refractivity (Wildman–Crippen MR) is 104 cm³/mol. The maximum atomic E-state index is 4.43. The third-order valence-corrected chi connectivity index (χ3v) is 5.29. The average Bonchev–Trinajstić information content (AvgIpc) is 3.03. The topological polar surface area (TPSA) is 49.3 Å². The van der Waals surface area contributed by atoms with Crippen molar-refractivity contribution < 1.29 is 0 Å². The smallest absolute Gasteiger partial charge is 0.191 e. The zero-order valence-electron chi connectivity index (χ0n) is 15.3. The number of aliphatic imine (C=N–C) groups is 1. The first-order valence-corrected chi connectivity index (χ1v) is 9.22. The number of nitrogens with one attached hydrogen (secondary N) is 2. The van der Waals surface area contributed by atoms with Crippen LogP contribution in [0.5, 0.6) is 0 Å². The molecule has 2 rings (SSSR count). The largest absolute Gasteiger partial charge is 0.356 e. The Bertz CT molecular complexity index is 688. The van der Waals surface area contributed by atoms with Crippen LogP contribution in [0.25, 0.3) is 0 Å². The van der Waals surface area contributed by atoms with Crippen molar-refractivity contribution in [2.24, 2.45) is 4.99 Å². The van der Waals surface area contributed by atoms with Gasteiger partial charge in [-0.05, 0) is 24.5 Å². The summed E-state index contributed by atoms with van der Waals surface area (Å²) in [5, 5.41) is 7.88. The first-order valence-electron chi connectivity index (χ1n) is 8.40. The predicted octanol–water partition coefficient (Wildman–Crippen LogP) is 3.66. The molecule has 1 aromatic carbocycles. The van der Waals surface area contributed by atoms with Crippen molar-refractivity contribution in [3.8, 4) is 0 Å². The maximum Gasteiger partial charge on any atom is 0.191 e. The Kier molecular flexibility index (Phi) is 6.37. The number of thiazole rings is 1. The summed E-state index contributed by atoms with van der Waals surface area (Å²) >= 11 is 1.75. The highest BCUT2D eigenvalue weighted by molar-refractivity contribution is 7.11. The van der Waals surface area contributed by atoms with Crippen LogP contribution in [0.2, 0.25) is 0 Å². The molecule has 24 heavy (non-hydrogen) atoms. The summed E-state index contributed by atoms with van der Waals surface area (Å²) < 4.78 is 0. The number of nitrogens with zero attached hydrogens (tertiary/aromatic N) is 2. The molecule has 2 aromatic rings. The van der Waals surface area contributed by atoms with E-state index in [2.05, 4.69) is 72.6 Å². The van der Waals surface area contributed by atoms with Gasteiger partial charge in [0.1, 0.15) is 5.01 Å². The van der Waals surface area contributed by atoms with Gasteiger partial charge in [-0.1, -0.05) is 45.0 Å². The summed E-state index contributed by atoms with van der Waals surface area (Å²) in [6.07, 6.45) is 2.99. The van der Waals surface area contributed by atoms with Crippen LogP contribution >= 0.6 is 11.3 Å². The molecule has 5 heteroatoms. The molecule has 1 aromatic heterocycles. The van der Waals surface area contributed by atoms with Crippen LogP contribution in [-0.2, 0) is 18.4 Å². The van der Waals surface area contributed by atoms with Crippen LogP contribution in [0, 0.1) is 6.92 Å². The van der Waals surface area contributed by atoms with Crippen LogP contribution in [0.3, 0.4) is 0 Å². The van der Waals surface area contributed by atoms with Gasteiger partial charge in [-0.15, -0.1) is 11.3 Å². The van der Waals surface area contributed by atoms with Crippen LogP contribution in [0.1, 0.15) is 41.8 Å². The number of aromatic nitrogens is 1. The summed E-state index contributed by atoms with van der Waals surface area (Å²) in [6, 6.07) is 8.55. The number of hydrogen-bond acceptors (Lipinski definition) is 3. The molecular weight excluding hydrogens is 316 g/mol. The first kappa shape index (κ1) is 18.5. The van der Waals surface area contributed by atoms with Crippen molar-refractivity contribution in [1.82, 2.24) is 15.6 Å². The molecular formula is C19H28N4S. The lowest BCUT2D eigenvalue weighted by molar-refractivity contribution is 0.506. The minimum Gasteiger partial charge on any atom is -0.356 e. The second-order valence-corrected chi connectivity index (χ2v) is 7.75. The molecule has 4 nitrogen and oxygen atoms in total. The van der Waals surface area contributed by atoms with Gasteiger partial charge in [-0.3, -0.25) is 4.99 Å². The monoisotopic (exact) mass is 344 g/mol. The van der Waals surface area contributed by atoms with Crippen molar-refractivity contribution in [3.05, 3.63) is 51.5 Å². The van der Waals surface area contributed by atoms with Crippen molar-refractivity contribution in [3.63, 3.8) is 0 Å². The SMILES string of the molecule is CCc1cnc(CNC(=NC)NCC(C)(C)c2ccccc2C)s1. The first-order chi connectivity index (χ1) is 11.5. The van der Waals surface area contributed by atoms with Gasteiger partial charge < -0.3 is 10.6 Å². The molecule has 0 saturated carbocycles. The van der Waals surface area contributed by atoms with Gasteiger partial charge in [0.2, 0.25) is 0 Å². The molecule has 0 atom stereocenters. The fourth-order valence-corrected chi connectivity index (χ4v) is 3.51. The number of aryl methyl sites for hydroxylation is 2. The van der Waals surface area contributed by atoms with Crippen molar-refractivity contribution in [1.29, 1.82) is 0 Å². The van der Waals surface area contributed by atoms with E-state index in [4.69, 9.17) is 0 Å². The molecule has 0 bridgehead atoms. The van der Waals surface area contributed by atoms with Crippen LogP contribution in [0.15, 0.2) is 35.5 Å². The van der Waals surface area contributed by atoms with Crippen molar-refractivity contribution in [2.75, 3.05) is 13.6 Å². The normalized spacial score (nSPS) is 12.3. The highest BCUT2D eigenvalue weighted by Gasteiger charge is 2.22. The lowest BCUT2D eigenvalue weighted by atomic mass is 9.82. The van der Waals surface area contributed by atoms with Gasteiger partial charge in [-0.25, -0.2) is 4.98 Å². The van der Waals surface area contributed by atoms with Gasteiger partial charge in [0.25, 0.3) is 0 Å². The number of guanidine groups is 1. The van der Waals surface area contributed by atoms with E-state index in [-0.39, 0.29) is 5.41 Å². The summed E-state index contributed by atoms with van der Waals surface area (Å²) in [5.74, 6) is 0.810. The number of rotatable bonds is 6. The van der Waals surface area contributed by atoms with Gasteiger partial charge in [-0.2, -0.15) is 0 Å². The van der Waals surface area contributed by atoms with Gasteiger partial charge in [0.05, 0.1) is 6.54 Å². The Morgan fingerprint density at radius 2 is 2.00 bits per heavy atom. The minimum atomic E-state index is 0.0273. The van der Waals surface area contributed by atoms with E-state index in [1.165, 1.54) is 16.0 Å². The van der Waals surface area contributed by atoms with Crippen LogP contribution < -0.4 is 10.6 Å². The van der Waals surface area contributed by atoms with E-state index < -0.39 is 0 Å². The van der Waals surface area contributed by atoms with Crippen LogP contribution in [0.4, 0.5) is 0 Å². The summed E-state index contributed by atoms with van der Waals surface area (Å²) in [7, 11) is 1.80. The highest BCUT2D eigenvalue weighted by Crippen LogP contribution is 2.25. The molecule has 0 fully saturated rings. The molecule has 1 heterocycles. The van der Waals surface area contributed by atoms with E-state index in [9.17, 15) is 0 Å². The number of hydrogen-bond donors (Lipinski definition) is 2. The van der Waals surface area contributed by atoms with E-state index in [1.807, 2.05) is 6.20 Å². The molecule has 0 radical (unpaired) electrons. The van der Waals surface area contributed by atoms with Crippen LogP contribution in [-0.4, -0.2) is 24.5 Å². The molecule has 130 valence electrons. The Balaban J connectivity index is 1.92. The lowest BCUT2D eigenvalue weighted by Crippen LogP contribution is -2.43. The highest BCUT2D eigenvalue weighted by atomic mass is 32.1. The van der Waals surface area contributed by atoms with E-state index in [1.54, 1.807) is 18.4 Å². The molecule has 0 spiro atoms. The second kappa shape index (κ2) is 8.29. The molecule has 2 N–H and O–H groups in total. The van der Waals surface area contributed by atoms with Crippen molar-refractivity contribution >= 4 is 17.3 Å². The van der Waals surface area contributed by atoms with Gasteiger partial charge in [0.15, 0.2) is 5.96 Å². The summed E-state index contributed by atoms with van der Waals surface area (Å²) in [6.45, 7) is 10.3. The van der Waals surface area contributed by atoms with Gasteiger partial charge >= 0.3 is 0 Å². The van der Waals surface area contributed by atoms with Crippen molar-refractivity contribution in [2.45, 2.75) is 46.1 Å². The summed E-state index contributed by atoms with van der Waals surface area (Å²) in [5.41, 5.74) is 2.71. The molecule has 0 aliphatic heterocycles. The summed E-state index contributed by atoms with van der Waals surface area (Å²) in [4.78, 5) is 10.1. The third kappa shape index (κ3) is 4.81.